The van der Waals surface area contributed by atoms with Gasteiger partial charge in [-0.05, 0) is 86.4 Å². The number of nitrogens with one attached hydrogen (secondary N) is 2. The summed E-state index contributed by atoms with van der Waals surface area (Å²) < 4.78 is 21.3. The molecule has 3 fully saturated rings. The van der Waals surface area contributed by atoms with Gasteiger partial charge in [-0.3, -0.25) is 14.4 Å². The number of likely N-dealkylation sites (tertiary alicyclic amines) is 1. The number of ether oxygens (including phenoxy) is 1. The second kappa shape index (κ2) is 12.5. The highest BCUT2D eigenvalue weighted by Gasteiger charge is 2.43. The maximum absolute atomic E-state index is 14.3. The highest BCUT2D eigenvalue weighted by atomic mass is 19.1. The first kappa shape index (κ1) is 31.7. The lowest BCUT2D eigenvalue weighted by molar-refractivity contribution is -0.00787. The third kappa shape index (κ3) is 6.64. The van der Waals surface area contributed by atoms with Gasteiger partial charge in [0.15, 0.2) is 0 Å². The number of amides is 2. The summed E-state index contributed by atoms with van der Waals surface area (Å²) in [6.45, 7) is 4.52. The van der Waals surface area contributed by atoms with Crippen molar-refractivity contribution in [2.24, 2.45) is 5.92 Å². The van der Waals surface area contributed by atoms with Gasteiger partial charge in [0.25, 0.3) is 17.4 Å². The third-order valence-corrected chi connectivity index (χ3v) is 9.28. The Morgan fingerprint density at radius 1 is 1.17 bits per heavy atom. The summed E-state index contributed by atoms with van der Waals surface area (Å²) in [5.74, 6) is 0.0447. The molecule has 1 aromatic heterocycles. The summed E-state index contributed by atoms with van der Waals surface area (Å²) in [6.07, 6.45) is 9.62. The molecule has 0 spiro atoms. The topological polar surface area (TPSA) is 120 Å². The lowest BCUT2D eigenvalue weighted by atomic mass is 9.90. The summed E-state index contributed by atoms with van der Waals surface area (Å²) in [5, 5.41) is 15.9. The molecule has 2 amide bonds. The summed E-state index contributed by atoms with van der Waals surface area (Å²) in [7, 11) is 3.57. The van der Waals surface area contributed by atoms with Crippen LogP contribution in [0.4, 0.5) is 4.39 Å². The number of allylic oxidation sites excluding steroid dienone is 2. The molecule has 1 unspecified atom stereocenters. The average Bonchev–Trinajstić information content (AvgIpc) is 3.95. The molecule has 3 heterocycles. The highest BCUT2D eigenvalue weighted by molar-refractivity contribution is 6.02. The molecule has 4 aliphatic rings. The first-order chi connectivity index (χ1) is 22.0. The van der Waals surface area contributed by atoms with Crippen molar-refractivity contribution >= 4 is 17.4 Å². The van der Waals surface area contributed by atoms with E-state index < -0.39 is 11.6 Å². The quantitative estimate of drug-likeness (QED) is 0.389. The van der Waals surface area contributed by atoms with Crippen LogP contribution in [0.1, 0.15) is 83.0 Å². The molecule has 0 radical (unpaired) electrons. The molecular formula is C35H41FN6O4. The first-order valence-corrected chi connectivity index (χ1v) is 16.0. The fourth-order valence-corrected chi connectivity index (χ4v) is 6.27. The molecule has 2 N–H and O–H groups in total. The molecular weight excluding hydrogens is 587 g/mol. The molecule has 2 atom stereocenters. The standard InChI is InChI=1S/C35H41FN6O4/c1-21(46-4)16-38-17-23-12-29(34(45)42(18-23)26-8-9-26)32(43)39-31-14-25(13-30(40(31)3)24-6-7-24)27-10-5-22(15-37)11-28(27)33(44)41-19-35(2,36)20-41/h5,10-14,18,21,24,26,30,38H,6-9,16-17,19-20H2,1-4H3,(H,39,43)/t21-,30?/m0/s1. The molecule has 1 saturated heterocycles. The van der Waals surface area contributed by atoms with Gasteiger partial charge in [0.2, 0.25) is 0 Å². The molecule has 242 valence electrons. The minimum absolute atomic E-state index is 0.00986. The van der Waals surface area contributed by atoms with Crippen LogP contribution in [0, 0.1) is 17.2 Å². The number of alkyl halides is 1. The van der Waals surface area contributed by atoms with E-state index in [0.29, 0.717) is 41.5 Å². The Morgan fingerprint density at radius 3 is 2.54 bits per heavy atom. The monoisotopic (exact) mass is 628 g/mol. The van der Waals surface area contributed by atoms with Gasteiger partial charge in [0.1, 0.15) is 17.1 Å². The Bertz CT molecular complexity index is 1710. The van der Waals surface area contributed by atoms with E-state index >= 15 is 0 Å². The number of rotatable bonds is 11. The molecule has 2 aromatic rings. The van der Waals surface area contributed by atoms with E-state index in [1.54, 1.807) is 42.0 Å². The number of aromatic nitrogens is 1. The fraction of sp³-hybridized carbons (Fsp3) is 0.486. The van der Waals surface area contributed by atoms with Crippen LogP contribution in [0.15, 0.2) is 53.2 Å². The van der Waals surface area contributed by atoms with Crippen molar-refractivity contribution in [2.75, 3.05) is 33.8 Å². The predicted molar refractivity (Wildman–Crippen MR) is 172 cm³/mol. The van der Waals surface area contributed by atoms with Gasteiger partial charge in [0.05, 0.1) is 36.9 Å². The van der Waals surface area contributed by atoms with E-state index in [2.05, 4.69) is 22.8 Å². The Balaban J connectivity index is 1.32. The van der Waals surface area contributed by atoms with Crippen LogP contribution in [0.5, 0.6) is 0 Å². The Labute approximate surface area is 268 Å². The van der Waals surface area contributed by atoms with Crippen molar-refractivity contribution in [1.82, 2.24) is 25.0 Å². The number of likely N-dealkylation sites (N-methyl/N-ethyl adjacent to an activating group) is 1. The van der Waals surface area contributed by atoms with E-state index in [-0.39, 0.29) is 48.3 Å². The van der Waals surface area contributed by atoms with Gasteiger partial charge >= 0.3 is 0 Å². The Morgan fingerprint density at radius 2 is 1.91 bits per heavy atom. The van der Waals surface area contributed by atoms with Crippen LogP contribution in [0.2, 0.25) is 0 Å². The molecule has 2 saturated carbocycles. The Kier molecular flexibility index (Phi) is 8.61. The largest absolute Gasteiger partial charge is 0.380 e. The number of nitrogens with zero attached hydrogens (tertiary/aromatic N) is 4. The summed E-state index contributed by atoms with van der Waals surface area (Å²) in [5.41, 5.74) is 1.13. The lowest BCUT2D eigenvalue weighted by Gasteiger charge is -2.42. The molecule has 1 aromatic carbocycles. The van der Waals surface area contributed by atoms with Crippen LogP contribution in [0.25, 0.3) is 5.57 Å². The Hall–Kier alpha value is -4.27. The number of methoxy groups -OCH3 is 1. The smallest absolute Gasteiger partial charge is 0.263 e. The molecule has 11 heteroatoms. The zero-order valence-electron chi connectivity index (χ0n) is 26.8. The zero-order valence-corrected chi connectivity index (χ0v) is 26.8. The number of hydrogen-bond donors (Lipinski definition) is 2. The van der Waals surface area contributed by atoms with E-state index in [4.69, 9.17) is 4.74 Å². The minimum Gasteiger partial charge on any atom is -0.380 e. The number of hydrogen-bond acceptors (Lipinski definition) is 7. The van der Waals surface area contributed by atoms with Crippen molar-refractivity contribution in [3.05, 3.63) is 86.6 Å². The molecule has 0 bridgehead atoms. The molecule has 2 aliphatic carbocycles. The van der Waals surface area contributed by atoms with Crippen LogP contribution in [-0.4, -0.2) is 77.8 Å². The molecule has 46 heavy (non-hydrogen) atoms. The second-order valence-electron chi connectivity index (χ2n) is 13.4. The molecule has 10 nitrogen and oxygen atoms in total. The first-order valence-electron chi connectivity index (χ1n) is 16.0. The van der Waals surface area contributed by atoms with Crippen molar-refractivity contribution in [1.29, 1.82) is 5.26 Å². The van der Waals surface area contributed by atoms with Crippen LogP contribution in [-0.2, 0) is 11.3 Å². The van der Waals surface area contributed by atoms with Crippen LogP contribution >= 0.6 is 0 Å². The van der Waals surface area contributed by atoms with Gasteiger partial charge in [0, 0.05) is 45.0 Å². The van der Waals surface area contributed by atoms with E-state index in [1.807, 2.05) is 25.1 Å². The van der Waals surface area contributed by atoms with Crippen LogP contribution in [0.3, 0.4) is 0 Å². The summed E-state index contributed by atoms with van der Waals surface area (Å²) >= 11 is 0. The molecule has 2 aliphatic heterocycles. The van der Waals surface area contributed by atoms with Crippen LogP contribution < -0.4 is 16.2 Å². The predicted octanol–water partition coefficient (Wildman–Crippen LogP) is 3.74. The number of nitriles is 1. The summed E-state index contributed by atoms with van der Waals surface area (Å²) in [6, 6.07) is 8.76. The highest BCUT2D eigenvalue weighted by Crippen LogP contribution is 2.41. The van der Waals surface area contributed by atoms with Gasteiger partial charge < -0.3 is 29.7 Å². The van der Waals surface area contributed by atoms with Gasteiger partial charge in [-0.15, -0.1) is 0 Å². The van der Waals surface area contributed by atoms with E-state index in [1.165, 1.54) is 11.8 Å². The molecule has 6 rings (SSSR count). The maximum Gasteiger partial charge on any atom is 0.263 e. The lowest BCUT2D eigenvalue weighted by Crippen LogP contribution is -2.59. The zero-order chi connectivity index (χ0) is 32.7. The SMILES string of the molecule is CO[C@@H](C)CNCc1cc(C(=O)NC2=CC(c3ccc(C#N)cc3C(=O)N3CC(C)(F)C3)=CC(C3CC3)N2C)c(=O)n(C2CC2)c1. The number of carbonyl (C=O) groups is 2. The number of carbonyl (C=O) groups excluding carboxylic acids is 2. The van der Waals surface area contributed by atoms with Crippen molar-refractivity contribution in [2.45, 2.75) is 69.9 Å². The maximum atomic E-state index is 14.3. The van der Waals surface area contributed by atoms with Crippen molar-refractivity contribution < 1.29 is 18.7 Å². The normalized spacial score (nSPS) is 21.1. The van der Waals surface area contributed by atoms with Gasteiger partial charge in [-0.25, -0.2) is 4.39 Å². The second-order valence-corrected chi connectivity index (χ2v) is 13.4. The summed E-state index contributed by atoms with van der Waals surface area (Å²) in [4.78, 5) is 44.4. The van der Waals surface area contributed by atoms with Crippen molar-refractivity contribution in [3.8, 4) is 6.07 Å². The third-order valence-electron chi connectivity index (χ3n) is 9.28. The van der Waals surface area contributed by atoms with Gasteiger partial charge in [-0.2, -0.15) is 5.26 Å². The average molecular weight is 629 g/mol. The van der Waals surface area contributed by atoms with Crippen molar-refractivity contribution in [3.63, 3.8) is 0 Å². The minimum atomic E-state index is -1.43. The van der Waals surface area contributed by atoms with E-state index in [9.17, 15) is 24.0 Å². The fourth-order valence-electron chi connectivity index (χ4n) is 6.27. The number of halogens is 1. The van der Waals surface area contributed by atoms with E-state index in [0.717, 1.165) is 36.8 Å². The van der Waals surface area contributed by atoms with Gasteiger partial charge in [-0.1, -0.05) is 12.1 Å². The number of benzene rings is 1. The number of pyridine rings is 1.